The summed E-state index contributed by atoms with van der Waals surface area (Å²) < 4.78 is 30.9. The lowest BCUT2D eigenvalue weighted by Crippen LogP contribution is -2.50. The molecule has 0 unspecified atom stereocenters. The Morgan fingerprint density at radius 1 is 0.914 bits per heavy atom. The van der Waals surface area contributed by atoms with Crippen molar-refractivity contribution < 1.29 is 13.2 Å². The van der Waals surface area contributed by atoms with Gasteiger partial charge in [0.2, 0.25) is 10.0 Å². The van der Waals surface area contributed by atoms with Crippen LogP contribution in [0.4, 0.5) is 0 Å². The van der Waals surface area contributed by atoms with Crippen molar-refractivity contribution >= 4 is 15.9 Å². The molecule has 2 aromatic heterocycles. The lowest BCUT2D eigenvalue weighted by Gasteiger charge is -2.33. The van der Waals surface area contributed by atoms with E-state index in [1.165, 1.54) is 10.5 Å². The van der Waals surface area contributed by atoms with E-state index in [0.29, 0.717) is 30.0 Å². The maximum Gasteiger partial charge on any atom is 0.257 e. The van der Waals surface area contributed by atoms with Crippen molar-refractivity contribution in [2.75, 3.05) is 26.2 Å². The molecule has 180 valence electrons. The Morgan fingerprint density at radius 2 is 1.54 bits per heavy atom. The predicted molar refractivity (Wildman–Crippen MR) is 132 cm³/mol. The van der Waals surface area contributed by atoms with Crippen LogP contribution in [-0.4, -0.2) is 69.3 Å². The molecule has 1 aliphatic rings. The second-order valence-corrected chi connectivity index (χ2v) is 10.4. The van der Waals surface area contributed by atoms with Crippen LogP contribution in [-0.2, 0) is 17.1 Å². The molecule has 0 saturated carbocycles. The fourth-order valence-electron chi connectivity index (χ4n) is 4.23. The molecule has 0 radical (unpaired) electrons. The van der Waals surface area contributed by atoms with Crippen LogP contribution in [0.2, 0.25) is 0 Å². The third-order valence-corrected chi connectivity index (χ3v) is 8.35. The number of sulfonamides is 1. The standard InChI is InChI=1S/C25H26N6O3S/c1-19-23(17-26-28(19)2)35(33,34)30-15-13-29(14-16-30)25(32)22-18-31(21-11-7-4-8-12-21)27-24(22)20-9-5-3-6-10-20/h3-12,17-18H,13-16H2,1-2H3. The highest BCUT2D eigenvalue weighted by molar-refractivity contribution is 7.89. The largest absolute Gasteiger partial charge is 0.336 e. The molecule has 1 amide bonds. The van der Waals surface area contributed by atoms with Gasteiger partial charge in [-0.15, -0.1) is 0 Å². The maximum absolute atomic E-state index is 13.6. The summed E-state index contributed by atoms with van der Waals surface area (Å²) in [4.78, 5) is 15.5. The van der Waals surface area contributed by atoms with Gasteiger partial charge >= 0.3 is 0 Å². The zero-order valence-corrected chi connectivity index (χ0v) is 20.4. The van der Waals surface area contributed by atoms with E-state index < -0.39 is 10.0 Å². The van der Waals surface area contributed by atoms with Crippen LogP contribution in [0.15, 0.2) is 78.0 Å². The van der Waals surface area contributed by atoms with Gasteiger partial charge in [-0.3, -0.25) is 9.48 Å². The van der Waals surface area contributed by atoms with E-state index in [4.69, 9.17) is 5.10 Å². The molecule has 0 atom stereocenters. The van der Waals surface area contributed by atoms with Crippen LogP contribution in [0.25, 0.3) is 16.9 Å². The molecule has 0 N–H and O–H groups in total. The molecule has 10 heteroatoms. The molecular weight excluding hydrogens is 464 g/mol. The van der Waals surface area contributed by atoms with Crippen molar-refractivity contribution in [1.82, 2.24) is 28.8 Å². The molecule has 1 fully saturated rings. The average Bonchev–Trinajstić information content (AvgIpc) is 3.49. The minimum Gasteiger partial charge on any atom is -0.336 e. The highest BCUT2D eigenvalue weighted by Crippen LogP contribution is 2.26. The molecule has 1 aliphatic heterocycles. The summed E-state index contributed by atoms with van der Waals surface area (Å²) in [5.74, 6) is -0.166. The van der Waals surface area contributed by atoms with Crippen molar-refractivity contribution in [3.8, 4) is 16.9 Å². The number of carbonyl (C=O) groups excluding carboxylic acids is 1. The molecular formula is C25H26N6O3S. The summed E-state index contributed by atoms with van der Waals surface area (Å²) in [5, 5.41) is 8.79. The Balaban J connectivity index is 1.40. The van der Waals surface area contributed by atoms with Gasteiger partial charge in [-0.05, 0) is 19.1 Å². The summed E-state index contributed by atoms with van der Waals surface area (Å²) in [6.45, 7) is 2.76. The van der Waals surface area contributed by atoms with Crippen LogP contribution < -0.4 is 0 Å². The summed E-state index contributed by atoms with van der Waals surface area (Å²) >= 11 is 0. The number of piperazine rings is 1. The molecule has 0 bridgehead atoms. The molecule has 4 aromatic rings. The van der Waals surface area contributed by atoms with E-state index in [1.807, 2.05) is 60.7 Å². The Morgan fingerprint density at radius 3 is 2.14 bits per heavy atom. The van der Waals surface area contributed by atoms with Crippen molar-refractivity contribution in [1.29, 1.82) is 0 Å². The first-order valence-corrected chi connectivity index (χ1v) is 12.8. The monoisotopic (exact) mass is 490 g/mol. The van der Waals surface area contributed by atoms with Crippen LogP contribution in [0, 0.1) is 6.92 Å². The molecule has 0 aliphatic carbocycles. The quantitative estimate of drug-likeness (QED) is 0.429. The fraction of sp³-hybridized carbons (Fsp3) is 0.240. The third-order valence-electron chi connectivity index (χ3n) is 6.35. The number of amides is 1. The molecule has 0 spiro atoms. The number of carbonyl (C=O) groups is 1. The summed E-state index contributed by atoms with van der Waals surface area (Å²) in [6.07, 6.45) is 3.13. The van der Waals surface area contributed by atoms with Crippen LogP contribution in [0.1, 0.15) is 16.1 Å². The van der Waals surface area contributed by atoms with E-state index in [2.05, 4.69) is 5.10 Å². The summed E-state index contributed by atoms with van der Waals surface area (Å²) in [5.41, 5.74) is 3.37. The second kappa shape index (κ2) is 9.12. The van der Waals surface area contributed by atoms with Crippen LogP contribution in [0.5, 0.6) is 0 Å². The van der Waals surface area contributed by atoms with E-state index in [9.17, 15) is 13.2 Å². The van der Waals surface area contributed by atoms with E-state index in [-0.39, 0.29) is 23.9 Å². The first-order valence-electron chi connectivity index (χ1n) is 11.3. The van der Waals surface area contributed by atoms with E-state index in [0.717, 1.165) is 11.3 Å². The van der Waals surface area contributed by atoms with Gasteiger partial charge in [0.15, 0.2) is 0 Å². The number of rotatable bonds is 5. The first-order chi connectivity index (χ1) is 16.9. The van der Waals surface area contributed by atoms with Crippen molar-refractivity contribution in [3.63, 3.8) is 0 Å². The van der Waals surface area contributed by atoms with Gasteiger partial charge in [0, 0.05) is 45.0 Å². The minimum absolute atomic E-state index is 0.166. The number of para-hydroxylation sites is 1. The van der Waals surface area contributed by atoms with Gasteiger partial charge in [-0.2, -0.15) is 14.5 Å². The molecule has 1 saturated heterocycles. The molecule has 5 rings (SSSR count). The van der Waals surface area contributed by atoms with Crippen LogP contribution >= 0.6 is 0 Å². The number of nitrogens with zero attached hydrogens (tertiary/aromatic N) is 6. The van der Waals surface area contributed by atoms with Crippen LogP contribution in [0.3, 0.4) is 0 Å². The fourth-order valence-corrected chi connectivity index (χ4v) is 5.83. The number of aryl methyl sites for hydroxylation is 1. The maximum atomic E-state index is 13.6. The lowest BCUT2D eigenvalue weighted by atomic mass is 10.1. The number of benzene rings is 2. The third kappa shape index (κ3) is 4.26. The van der Waals surface area contributed by atoms with Gasteiger partial charge in [0.1, 0.15) is 10.6 Å². The molecule has 2 aromatic carbocycles. The molecule has 9 nitrogen and oxygen atoms in total. The highest BCUT2D eigenvalue weighted by atomic mass is 32.2. The Labute approximate surface area is 204 Å². The zero-order chi connectivity index (χ0) is 24.6. The predicted octanol–water partition coefficient (Wildman–Crippen LogP) is 2.73. The number of aromatic nitrogens is 4. The average molecular weight is 491 g/mol. The lowest BCUT2D eigenvalue weighted by molar-refractivity contribution is 0.0698. The molecule has 3 heterocycles. The summed E-state index contributed by atoms with van der Waals surface area (Å²) in [7, 11) is -1.96. The van der Waals surface area contributed by atoms with Gasteiger partial charge in [0.05, 0.1) is 23.1 Å². The van der Waals surface area contributed by atoms with Gasteiger partial charge in [-0.1, -0.05) is 48.5 Å². The van der Waals surface area contributed by atoms with Crippen molar-refractivity contribution in [2.45, 2.75) is 11.8 Å². The Hall–Kier alpha value is -3.76. The smallest absolute Gasteiger partial charge is 0.257 e. The Bertz CT molecular complexity index is 1450. The zero-order valence-electron chi connectivity index (χ0n) is 19.6. The van der Waals surface area contributed by atoms with E-state index >= 15 is 0 Å². The van der Waals surface area contributed by atoms with Crippen molar-refractivity contribution in [2.24, 2.45) is 7.05 Å². The van der Waals surface area contributed by atoms with Gasteiger partial charge in [0.25, 0.3) is 5.91 Å². The SMILES string of the molecule is Cc1c(S(=O)(=O)N2CCN(C(=O)c3cn(-c4ccccc4)nc3-c3ccccc3)CC2)cnn1C. The Kier molecular flexibility index (Phi) is 6.00. The summed E-state index contributed by atoms with van der Waals surface area (Å²) in [6, 6.07) is 19.2. The molecule has 35 heavy (non-hydrogen) atoms. The number of hydrogen-bond acceptors (Lipinski definition) is 5. The first kappa shape index (κ1) is 23.0. The minimum atomic E-state index is -3.67. The van der Waals surface area contributed by atoms with Gasteiger partial charge < -0.3 is 4.90 Å². The van der Waals surface area contributed by atoms with Crippen molar-refractivity contribution in [3.05, 3.63) is 84.3 Å². The second-order valence-electron chi connectivity index (χ2n) is 8.45. The highest BCUT2D eigenvalue weighted by Gasteiger charge is 2.33. The topological polar surface area (TPSA) is 93.3 Å². The number of hydrogen-bond donors (Lipinski definition) is 0. The van der Waals surface area contributed by atoms with Gasteiger partial charge in [-0.25, -0.2) is 13.1 Å². The normalized spacial score (nSPS) is 14.9. The van der Waals surface area contributed by atoms with E-state index in [1.54, 1.807) is 34.4 Å².